The van der Waals surface area contributed by atoms with Gasteiger partial charge < -0.3 is 15.2 Å². The molecular formula is C13H23NO3. The molecule has 0 aromatic heterocycles. The van der Waals surface area contributed by atoms with Crippen molar-refractivity contribution >= 4 is 5.97 Å². The van der Waals surface area contributed by atoms with Gasteiger partial charge in [-0.05, 0) is 31.1 Å². The van der Waals surface area contributed by atoms with E-state index in [0.29, 0.717) is 12.0 Å². The van der Waals surface area contributed by atoms with Crippen molar-refractivity contribution in [1.82, 2.24) is 0 Å². The minimum Gasteiger partial charge on any atom is -0.469 e. The van der Waals surface area contributed by atoms with Crippen molar-refractivity contribution in [2.24, 2.45) is 17.1 Å². The van der Waals surface area contributed by atoms with Gasteiger partial charge in [0.25, 0.3) is 0 Å². The molecule has 1 aliphatic carbocycles. The Morgan fingerprint density at radius 3 is 2.41 bits per heavy atom. The maximum absolute atomic E-state index is 11.9. The zero-order valence-corrected chi connectivity index (χ0v) is 11.0. The van der Waals surface area contributed by atoms with E-state index in [9.17, 15) is 4.79 Å². The summed E-state index contributed by atoms with van der Waals surface area (Å²) in [6, 6.07) is -0.219. The molecule has 2 rings (SSSR count). The Balaban J connectivity index is 2.17. The van der Waals surface area contributed by atoms with E-state index in [4.69, 9.17) is 15.2 Å². The second-order valence-corrected chi connectivity index (χ2v) is 6.20. The third-order valence-electron chi connectivity index (χ3n) is 4.46. The van der Waals surface area contributed by atoms with E-state index in [1.54, 1.807) is 0 Å². The van der Waals surface area contributed by atoms with E-state index in [2.05, 4.69) is 13.8 Å². The van der Waals surface area contributed by atoms with Crippen LogP contribution in [-0.2, 0) is 14.3 Å². The molecule has 4 nitrogen and oxygen atoms in total. The molecule has 2 atom stereocenters. The van der Waals surface area contributed by atoms with Crippen LogP contribution in [0.5, 0.6) is 0 Å². The number of carbonyl (C=O) groups is 1. The van der Waals surface area contributed by atoms with E-state index < -0.39 is 0 Å². The summed E-state index contributed by atoms with van der Waals surface area (Å²) < 4.78 is 10.8. The molecule has 0 aromatic rings. The molecule has 0 aromatic carbocycles. The first-order chi connectivity index (χ1) is 7.90. The summed E-state index contributed by atoms with van der Waals surface area (Å²) in [5.41, 5.74) is 5.99. The van der Waals surface area contributed by atoms with Gasteiger partial charge in [0.2, 0.25) is 0 Å². The third kappa shape index (κ3) is 2.20. The molecular weight excluding hydrogens is 218 g/mol. The number of hydrogen-bond acceptors (Lipinski definition) is 4. The molecule has 2 unspecified atom stereocenters. The van der Waals surface area contributed by atoms with Gasteiger partial charge in [0.1, 0.15) is 5.92 Å². The van der Waals surface area contributed by atoms with Crippen LogP contribution in [0.2, 0.25) is 0 Å². The van der Waals surface area contributed by atoms with E-state index >= 15 is 0 Å². The maximum Gasteiger partial charge on any atom is 0.313 e. The van der Waals surface area contributed by atoms with Gasteiger partial charge in [-0.1, -0.05) is 13.8 Å². The van der Waals surface area contributed by atoms with Gasteiger partial charge in [-0.3, -0.25) is 4.79 Å². The number of rotatable bonds is 1. The summed E-state index contributed by atoms with van der Waals surface area (Å²) in [5, 5.41) is 0. The van der Waals surface area contributed by atoms with Crippen LogP contribution in [0.1, 0.15) is 39.5 Å². The van der Waals surface area contributed by atoms with Crippen molar-refractivity contribution in [2.75, 3.05) is 13.7 Å². The third-order valence-corrected chi connectivity index (χ3v) is 4.46. The molecule has 1 aliphatic heterocycles. The van der Waals surface area contributed by atoms with Crippen molar-refractivity contribution in [3.63, 3.8) is 0 Å². The maximum atomic E-state index is 11.9. The van der Waals surface area contributed by atoms with Gasteiger partial charge in [0.05, 0.1) is 19.3 Å². The molecule has 1 saturated carbocycles. The van der Waals surface area contributed by atoms with Crippen LogP contribution in [0.3, 0.4) is 0 Å². The molecule has 1 saturated heterocycles. The summed E-state index contributed by atoms with van der Waals surface area (Å²) in [6.45, 7) is 5.00. The predicted molar refractivity (Wildman–Crippen MR) is 64.4 cm³/mol. The zero-order valence-electron chi connectivity index (χ0n) is 11.0. The van der Waals surface area contributed by atoms with Gasteiger partial charge in [0.15, 0.2) is 0 Å². The van der Waals surface area contributed by atoms with E-state index in [1.165, 1.54) is 7.11 Å². The second-order valence-electron chi connectivity index (χ2n) is 6.20. The summed E-state index contributed by atoms with van der Waals surface area (Å²) in [4.78, 5) is 11.9. The summed E-state index contributed by atoms with van der Waals surface area (Å²) in [5.74, 6) is -0.502. The Morgan fingerprint density at radius 1 is 1.29 bits per heavy atom. The van der Waals surface area contributed by atoms with Crippen molar-refractivity contribution in [2.45, 2.75) is 51.2 Å². The standard InChI is InChI=1S/C13H23NO3/c1-12(2)4-6-13(7-5-12)10(11(15)16-3)9(14)8-17-13/h9-10H,4-8,14H2,1-3H3. The van der Waals surface area contributed by atoms with Crippen LogP contribution in [0.15, 0.2) is 0 Å². The van der Waals surface area contributed by atoms with E-state index in [0.717, 1.165) is 25.7 Å². The topological polar surface area (TPSA) is 61.5 Å². The summed E-state index contributed by atoms with van der Waals surface area (Å²) in [6.07, 6.45) is 3.97. The lowest BCUT2D eigenvalue weighted by Crippen LogP contribution is -2.49. The van der Waals surface area contributed by atoms with Crippen molar-refractivity contribution in [3.8, 4) is 0 Å². The second kappa shape index (κ2) is 4.25. The van der Waals surface area contributed by atoms with Crippen molar-refractivity contribution in [3.05, 3.63) is 0 Å². The molecule has 98 valence electrons. The SMILES string of the molecule is COC(=O)C1C(N)COC12CCC(C)(C)CC2. The average Bonchev–Trinajstić information content (AvgIpc) is 2.61. The zero-order chi connectivity index (χ0) is 12.7. The van der Waals surface area contributed by atoms with Crippen LogP contribution in [0.4, 0.5) is 0 Å². The lowest BCUT2D eigenvalue weighted by molar-refractivity contribution is -0.156. The fraction of sp³-hybridized carbons (Fsp3) is 0.923. The van der Waals surface area contributed by atoms with Crippen molar-refractivity contribution < 1.29 is 14.3 Å². The van der Waals surface area contributed by atoms with Crippen LogP contribution >= 0.6 is 0 Å². The highest BCUT2D eigenvalue weighted by Gasteiger charge is 2.55. The highest BCUT2D eigenvalue weighted by atomic mass is 16.5. The van der Waals surface area contributed by atoms with Gasteiger partial charge in [-0.25, -0.2) is 0 Å². The number of esters is 1. The Hall–Kier alpha value is -0.610. The Bertz CT molecular complexity index is 304. The van der Waals surface area contributed by atoms with E-state index in [1.807, 2.05) is 0 Å². The lowest BCUT2D eigenvalue weighted by Gasteiger charge is -2.43. The predicted octanol–water partition coefficient (Wildman–Crippen LogP) is 1.47. The Morgan fingerprint density at radius 2 is 1.88 bits per heavy atom. The van der Waals surface area contributed by atoms with Crippen molar-refractivity contribution in [1.29, 1.82) is 0 Å². The average molecular weight is 241 g/mol. The van der Waals surface area contributed by atoms with Crippen LogP contribution in [-0.4, -0.2) is 31.3 Å². The first-order valence-electron chi connectivity index (χ1n) is 6.38. The molecule has 2 N–H and O–H groups in total. The van der Waals surface area contributed by atoms with Crippen LogP contribution in [0, 0.1) is 11.3 Å². The highest BCUT2D eigenvalue weighted by Crippen LogP contribution is 2.49. The molecule has 2 aliphatic rings. The molecule has 1 heterocycles. The van der Waals surface area contributed by atoms with E-state index in [-0.39, 0.29) is 23.5 Å². The Kier molecular flexibility index (Phi) is 3.21. The molecule has 17 heavy (non-hydrogen) atoms. The number of hydrogen-bond donors (Lipinski definition) is 1. The Labute approximate surface area is 103 Å². The molecule has 2 fully saturated rings. The summed E-state index contributed by atoms with van der Waals surface area (Å²) >= 11 is 0. The molecule has 0 bridgehead atoms. The normalized spacial score (nSPS) is 34.8. The summed E-state index contributed by atoms with van der Waals surface area (Å²) in [7, 11) is 1.42. The molecule has 1 spiro atoms. The lowest BCUT2D eigenvalue weighted by atomic mass is 9.66. The van der Waals surface area contributed by atoms with Gasteiger partial charge in [-0.15, -0.1) is 0 Å². The number of nitrogens with two attached hydrogens (primary N) is 1. The van der Waals surface area contributed by atoms with Crippen LogP contribution < -0.4 is 5.73 Å². The smallest absolute Gasteiger partial charge is 0.313 e. The number of carbonyl (C=O) groups excluding carboxylic acids is 1. The first-order valence-corrected chi connectivity index (χ1v) is 6.38. The fourth-order valence-corrected chi connectivity index (χ4v) is 3.16. The first kappa shape index (κ1) is 12.8. The van der Waals surface area contributed by atoms with Crippen LogP contribution in [0.25, 0.3) is 0 Å². The molecule has 0 amide bonds. The largest absolute Gasteiger partial charge is 0.469 e. The quantitative estimate of drug-likeness (QED) is 0.706. The minimum absolute atomic E-state index is 0.213. The van der Waals surface area contributed by atoms with Gasteiger partial charge in [0, 0.05) is 6.04 Å². The highest BCUT2D eigenvalue weighted by molar-refractivity contribution is 5.75. The number of methoxy groups -OCH3 is 1. The molecule has 4 heteroatoms. The van der Waals surface area contributed by atoms with Gasteiger partial charge >= 0.3 is 5.97 Å². The molecule has 0 radical (unpaired) electrons. The van der Waals surface area contributed by atoms with Gasteiger partial charge in [-0.2, -0.15) is 0 Å². The number of ether oxygens (including phenoxy) is 2. The fourth-order valence-electron chi connectivity index (χ4n) is 3.16. The minimum atomic E-state index is -0.359. The monoisotopic (exact) mass is 241 g/mol.